The Hall–Kier alpha value is -4.96. The lowest BCUT2D eigenvalue weighted by Crippen LogP contribution is -2.29. The number of ketones is 1. The number of carbonyl (C=O) groups is 3. The van der Waals surface area contributed by atoms with Gasteiger partial charge in [-0.25, -0.2) is 9.78 Å². The molecule has 0 saturated carbocycles. The summed E-state index contributed by atoms with van der Waals surface area (Å²) in [6.07, 6.45) is 0. The Morgan fingerprint density at radius 2 is 1.72 bits per heavy atom. The van der Waals surface area contributed by atoms with Gasteiger partial charge in [0.05, 0.1) is 31.0 Å². The number of rotatable bonds is 9. The molecule has 1 aliphatic heterocycles. The SMILES string of the molecule is CCOc1ccc([C@H]2/C(=C(\O)c3ccc(OCc4ccccc4)c(C)c3)C(=O)C(=O)N2c2nc(C)c(C(=O)OC)s2)cc1. The minimum atomic E-state index is -1.01. The van der Waals surface area contributed by atoms with Crippen molar-refractivity contribution in [1.29, 1.82) is 0 Å². The number of Topliss-reactive ketones (excluding diaryl/α,β-unsaturated/α-hetero) is 1. The Morgan fingerprint density at radius 1 is 1.00 bits per heavy atom. The molecule has 2 heterocycles. The van der Waals surface area contributed by atoms with Crippen molar-refractivity contribution in [3.05, 3.63) is 111 Å². The summed E-state index contributed by atoms with van der Waals surface area (Å²) in [5.74, 6) is -1.43. The fourth-order valence-corrected chi connectivity index (χ4v) is 5.89. The third-order valence-corrected chi connectivity index (χ3v) is 8.14. The third kappa shape index (κ3) is 5.87. The van der Waals surface area contributed by atoms with Crippen LogP contribution in [0.1, 0.15) is 50.6 Å². The summed E-state index contributed by atoms with van der Waals surface area (Å²) in [4.78, 5) is 45.3. The van der Waals surface area contributed by atoms with Crippen molar-refractivity contribution in [1.82, 2.24) is 4.98 Å². The van der Waals surface area contributed by atoms with Gasteiger partial charge < -0.3 is 19.3 Å². The summed E-state index contributed by atoms with van der Waals surface area (Å²) in [7, 11) is 1.26. The van der Waals surface area contributed by atoms with E-state index in [1.165, 1.54) is 12.0 Å². The van der Waals surface area contributed by atoms with Crippen LogP contribution < -0.4 is 14.4 Å². The molecule has 0 unspecified atom stereocenters. The minimum absolute atomic E-state index is 0.0982. The van der Waals surface area contributed by atoms with Gasteiger partial charge in [0.1, 0.15) is 28.7 Å². The first-order chi connectivity index (χ1) is 20.7. The van der Waals surface area contributed by atoms with E-state index in [2.05, 4.69) is 4.98 Å². The summed E-state index contributed by atoms with van der Waals surface area (Å²) in [6.45, 7) is 6.17. The molecule has 1 aliphatic rings. The average Bonchev–Trinajstić information content (AvgIpc) is 3.52. The highest BCUT2D eigenvalue weighted by molar-refractivity contribution is 7.17. The summed E-state index contributed by atoms with van der Waals surface area (Å²) in [6, 6.07) is 20.7. The smallest absolute Gasteiger partial charge is 0.350 e. The van der Waals surface area contributed by atoms with Crippen molar-refractivity contribution in [3.63, 3.8) is 0 Å². The van der Waals surface area contributed by atoms with Gasteiger partial charge in [0.15, 0.2) is 5.13 Å². The minimum Gasteiger partial charge on any atom is -0.507 e. The van der Waals surface area contributed by atoms with E-state index < -0.39 is 23.7 Å². The predicted octanol–water partition coefficient (Wildman–Crippen LogP) is 6.15. The van der Waals surface area contributed by atoms with Crippen LogP contribution in [0.25, 0.3) is 5.76 Å². The van der Waals surface area contributed by atoms with Crippen LogP contribution in [0.4, 0.5) is 5.13 Å². The number of ether oxygens (including phenoxy) is 3. The number of aromatic nitrogens is 1. The lowest BCUT2D eigenvalue weighted by molar-refractivity contribution is -0.132. The summed E-state index contributed by atoms with van der Waals surface area (Å²) in [5.41, 5.74) is 2.92. The van der Waals surface area contributed by atoms with Crippen LogP contribution in [-0.2, 0) is 20.9 Å². The van der Waals surface area contributed by atoms with Gasteiger partial charge in [-0.3, -0.25) is 14.5 Å². The molecule has 0 aliphatic carbocycles. The maximum absolute atomic E-state index is 13.6. The maximum Gasteiger partial charge on any atom is 0.350 e. The molecule has 3 aromatic carbocycles. The average molecular weight is 599 g/mol. The molecule has 9 nitrogen and oxygen atoms in total. The number of anilines is 1. The van der Waals surface area contributed by atoms with E-state index in [1.54, 1.807) is 49.4 Å². The molecule has 1 fully saturated rings. The Labute approximate surface area is 253 Å². The Bertz CT molecular complexity index is 1710. The largest absolute Gasteiger partial charge is 0.507 e. The molecule has 1 amide bonds. The molecule has 1 atom stereocenters. The lowest BCUT2D eigenvalue weighted by atomic mass is 9.95. The van der Waals surface area contributed by atoms with Gasteiger partial charge in [0, 0.05) is 5.56 Å². The number of aliphatic hydroxyl groups excluding tert-OH is 1. The van der Waals surface area contributed by atoms with Crippen molar-refractivity contribution in [2.45, 2.75) is 33.4 Å². The van der Waals surface area contributed by atoms with Crippen LogP contribution in [0.15, 0.2) is 78.4 Å². The molecule has 10 heteroatoms. The number of amides is 1. The van der Waals surface area contributed by atoms with Gasteiger partial charge in [-0.15, -0.1) is 0 Å². The van der Waals surface area contributed by atoms with E-state index in [0.29, 0.717) is 41.5 Å². The number of aliphatic hydroxyl groups is 1. The van der Waals surface area contributed by atoms with Gasteiger partial charge in [0.2, 0.25) is 0 Å². The second kappa shape index (κ2) is 12.5. The number of benzene rings is 3. The number of hydrogen-bond acceptors (Lipinski definition) is 9. The summed E-state index contributed by atoms with van der Waals surface area (Å²) in [5, 5.41) is 11.7. The zero-order valence-electron chi connectivity index (χ0n) is 24.1. The van der Waals surface area contributed by atoms with Crippen LogP contribution in [0, 0.1) is 13.8 Å². The summed E-state index contributed by atoms with van der Waals surface area (Å²) < 4.78 is 16.4. The zero-order valence-corrected chi connectivity index (χ0v) is 24.9. The van der Waals surface area contributed by atoms with Crippen LogP contribution in [0.3, 0.4) is 0 Å². The molecule has 0 spiro atoms. The molecule has 1 saturated heterocycles. The standard InChI is InChI=1S/C33H30N2O7S/c1-5-41-24-14-11-22(12-15-24)27-26(29(37)31(38)35(27)33-34-20(3)30(43-33)32(39)40-4)28(36)23-13-16-25(19(2)17-23)42-18-21-9-7-6-8-10-21/h6-17,27,36H,5,18H2,1-4H3/b28-26+/t27-/m0/s1. The van der Waals surface area contributed by atoms with Crippen molar-refractivity contribution in [3.8, 4) is 11.5 Å². The fraction of sp³-hybridized carbons (Fsp3) is 0.212. The third-order valence-electron chi connectivity index (χ3n) is 7.00. The molecule has 5 rings (SSSR count). The van der Waals surface area contributed by atoms with Crippen LogP contribution in [-0.4, -0.2) is 41.5 Å². The van der Waals surface area contributed by atoms with E-state index in [4.69, 9.17) is 14.2 Å². The topological polar surface area (TPSA) is 115 Å². The van der Waals surface area contributed by atoms with Gasteiger partial charge in [-0.1, -0.05) is 53.8 Å². The number of nitrogens with zero attached hydrogens (tertiary/aromatic N) is 2. The lowest BCUT2D eigenvalue weighted by Gasteiger charge is -2.23. The quantitative estimate of drug-likeness (QED) is 0.106. The highest BCUT2D eigenvalue weighted by Gasteiger charge is 2.48. The first-order valence-electron chi connectivity index (χ1n) is 13.6. The highest BCUT2D eigenvalue weighted by atomic mass is 32.1. The highest BCUT2D eigenvalue weighted by Crippen LogP contribution is 2.44. The van der Waals surface area contributed by atoms with E-state index in [0.717, 1.165) is 22.5 Å². The molecule has 43 heavy (non-hydrogen) atoms. The van der Waals surface area contributed by atoms with Crippen LogP contribution in [0.2, 0.25) is 0 Å². The van der Waals surface area contributed by atoms with Crippen LogP contribution >= 0.6 is 11.3 Å². The van der Waals surface area contributed by atoms with E-state index in [9.17, 15) is 19.5 Å². The number of methoxy groups -OCH3 is 1. The molecule has 1 N–H and O–H groups in total. The first-order valence-corrected chi connectivity index (χ1v) is 14.4. The second-order valence-corrected chi connectivity index (χ2v) is 10.8. The van der Waals surface area contributed by atoms with Gasteiger partial charge in [-0.2, -0.15) is 0 Å². The van der Waals surface area contributed by atoms with Crippen molar-refractivity contribution in [2.24, 2.45) is 0 Å². The number of esters is 1. The number of hydrogen-bond donors (Lipinski definition) is 1. The molecule has 0 radical (unpaired) electrons. The molecular formula is C33H30N2O7S. The first kappa shape index (κ1) is 29.5. The van der Waals surface area contributed by atoms with Gasteiger partial charge in [0.25, 0.3) is 5.78 Å². The molecule has 1 aromatic heterocycles. The maximum atomic E-state index is 13.6. The summed E-state index contributed by atoms with van der Waals surface area (Å²) >= 11 is 0.944. The molecular weight excluding hydrogens is 568 g/mol. The molecule has 0 bridgehead atoms. The number of thiazole rings is 1. The Balaban J connectivity index is 1.57. The van der Waals surface area contributed by atoms with Gasteiger partial charge >= 0.3 is 11.9 Å². The molecule has 4 aromatic rings. The van der Waals surface area contributed by atoms with Crippen molar-refractivity contribution >= 4 is 39.9 Å². The van der Waals surface area contributed by atoms with Crippen LogP contribution in [0.5, 0.6) is 11.5 Å². The Morgan fingerprint density at radius 3 is 2.37 bits per heavy atom. The van der Waals surface area contributed by atoms with Crippen molar-refractivity contribution < 1.29 is 33.7 Å². The fourth-order valence-electron chi connectivity index (χ4n) is 4.88. The van der Waals surface area contributed by atoms with Gasteiger partial charge in [-0.05, 0) is 67.8 Å². The zero-order chi connectivity index (χ0) is 30.7. The number of carbonyl (C=O) groups excluding carboxylic acids is 3. The second-order valence-electron chi connectivity index (χ2n) is 9.83. The van der Waals surface area contributed by atoms with Crippen molar-refractivity contribution in [2.75, 3.05) is 18.6 Å². The van der Waals surface area contributed by atoms with E-state index >= 15 is 0 Å². The predicted molar refractivity (Wildman–Crippen MR) is 163 cm³/mol. The normalized spacial score (nSPS) is 15.9. The van der Waals surface area contributed by atoms with E-state index in [1.807, 2.05) is 44.2 Å². The van der Waals surface area contributed by atoms with E-state index in [-0.39, 0.29) is 21.3 Å². The molecule has 220 valence electrons. The monoisotopic (exact) mass is 598 g/mol. The Kier molecular flexibility index (Phi) is 8.58. The number of aryl methyl sites for hydroxylation is 2.